The molecule has 4 rings (SSSR count). The van der Waals surface area contributed by atoms with Gasteiger partial charge in [0.1, 0.15) is 23.7 Å². The number of methoxy groups -OCH3 is 2. The fourth-order valence-corrected chi connectivity index (χ4v) is 5.35. The Balaban J connectivity index is 1.81. The van der Waals surface area contributed by atoms with Crippen LogP contribution in [0.25, 0.3) is 0 Å². The molecule has 0 aliphatic carbocycles. The minimum absolute atomic E-state index is 0.0358. The minimum atomic E-state index is -0.888. The summed E-state index contributed by atoms with van der Waals surface area (Å²) in [6.45, 7) is 8.97. The Kier molecular flexibility index (Phi) is 11.5. The van der Waals surface area contributed by atoms with E-state index in [2.05, 4.69) is 0 Å². The zero-order valence-corrected chi connectivity index (χ0v) is 27.2. The van der Waals surface area contributed by atoms with Gasteiger partial charge >= 0.3 is 5.97 Å². The summed E-state index contributed by atoms with van der Waals surface area (Å²) in [5.74, 6) is 0.359. The SMILES string of the molecule is COC(=O)c1c(Oc2c(OCc3ccccc3)cc(C)c(Cl)c2COC2CCCCO2)ccc([C@@H](O)CC(C)(C)C)c1OC. The maximum absolute atomic E-state index is 13.2. The quantitative estimate of drug-likeness (QED) is 0.201. The highest BCUT2D eigenvalue weighted by Gasteiger charge is 2.30. The van der Waals surface area contributed by atoms with Crippen molar-refractivity contribution in [2.24, 2.45) is 5.41 Å². The van der Waals surface area contributed by atoms with E-state index in [0.29, 0.717) is 40.7 Å². The number of rotatable bonds is 12. The summed E-state index contributed by atoms with van der Waals surface area (Å²) in [6, 6.07) is 14.9. The van der Waals surface area contributed by atoms with Crippen molar-refractivity contribution in [2.45, 2.75) is 79.0 Å². The molecule has 8 nitrogen and oxygen atoms in total. The van der Waals surface area contributed by atoms with Crippen LogP contribution < -0.4 is 14.2 Å². The second-order valence-corrected chi connectivity index (χ2v) is 12.5. The van der Waals surface area contributed by atoms with Crippen LogP contribution in [0.15, 0.2) is 48.5 Å². The molecule has 1 saturated heterocycles. The second-order valence-electron chi connectivity index (χ2n) is 12.1. The molecule has 3 aromatic carbocycles. The maximum Gasteiger partial charge on any atom is 0.345 e. The monoisotopic (exact) mass is 626 g/mol. The van der Waals surface area contributed by atoms with E-state index < -0.39 is 12.1 Å². The summed E-state index contributed by atoms with van der Waals surface area (Å²) in [4.78, 5) is 13.2. The molecule has 0 radical (unpaired) electrons. The molecular formula is C35H43ClO8. The van der Waals surface area contributed by atoms with Crippen molar-refractivity contribution in [2.75, 3.05) is 20.8 Å². The highest BCUT2D eigenvalue weighted by atomic mass is 35.5. The minimum Gasteiger partial charge on any atom is -0.495 e. The van der Waals surface area contributed by atoms with E-state index in [1.165, 1.54) is 14.2 Å². The molecule has 0 spiro atoms. The van der Waals surface area contributed by atoms with E-state index in [9.17, 15) is 9.90 Å². The van der Waals surface area contributed by atoms with Crippen molar-refractivity contribution < 1.29 is 38.3 Å². The predicted molar refractivity (Wildman–Crippen MR) is 169 cm³/mol. The number of hydrogen-bond donors (Lipinski definition) is 1. The molecule has 1 N–H and O–H groups in total. The first-order chi connectivity index (χ1) is 21.0. The first kappa shape index (κ1) is 33.6. The number of aliphatic hydroxyl groups is 1. The van der Waals surface area contributed by atoms with Gasteiger partial charge in [0.15, 0.2) is 17.8 Å². The van der Waals surface area contributed by atoms with Crippen molar-refractivity contribution in [3.05, 3.63) is 81.4 Å². The van der Waals surface area contributed by atoms with Crippen LogP contribution in [0.5, 0.6) is 23.0 Å². The smallest absolute Gasteiger partial charge is 0.345 e. The lowest BCUT2D eigenvalue weighted by atomic mass is 9.86. The number of aliphatic hydroxyl groups excluding tert-OH is 1. The van der Waals surface area contributed by atoms with Crippen LogP contribution >= 0.6 is 11.6 Å². The third kappa shape index (κ3) is 8.45. The molecule has 2 atom stereocenters. The third-order valence-electron chi connectivity index (χ3n) is 7.37. The van der Waals surface area contributed by atoms with Gasteiger partial charge in [-0.1, -0.05) is 62.7 Å². The fourth-order valence-electron chi connectivity index (χ4n) is 5.16. The zero-order chi connectivity index (χ0) is 31.9. The molecule has 1 unspecified atom stereocenters. The summed E-state index contributed by atoms with van der Waals surface area (Å²) < 4.78 is 35.6. The van der Waals surface area contributed by atoms with Crippen molar-refractivity contribution in [1.29, 1.82) is 0 Å². The first-order valence-corrected chi connectivity index (χ1v) is 15.3. The van der Waals surface area contributed by atoms with Crippen LogP contribution in [0.3, 0.4) is 0 Å². The Morgan fingerprint density at radius 3 is 2.43 bits per heavy atom. The van der Waals surface area contributed by atoms with Crippen LogP contribution in [0.4, 0.5) is 0 Å². The largest absolute Gasteiger partial charge is 0.495 e. The highest BCUT2D eigenvalue weighted by molar-refractivity contribution is 6.32. The second kappa shape index (κ2) is 15.1. The number of carbonyl (C=O) groups is 1. The predicted octanol–water partition coefficient (Wildman–Crippen LogP) is 8.33. The molecule has 0 saturated carbocycles. The summed E-state index contributed by atoms with van der Waals surface area (Å²) in [7, 11) is 2.73. The van der Waals surface area contributed by atoms with Gasteiger partial charge in [0.05, 0.1) is 32.0 Å². The summed E-state index contributed by atoms with van der Waals surface area (Å²) >= 11 is 6.88. The molecule has 3 aromatic rings. The van der Waals surface area contributed by atoms with Gasteiger partial charge in [0.2, 0.25) is 0 Å². The number of aryl methyl sites for hydroxylation is 1. The van der Waals surface area contributed by atoms with E-state index in [1.807, 2.05) is 58.0 Å². The fraction of sp³-hybridized carbons (Fsp3) is 0.457. The molecular weight excluding hydrogens is 584 g/mol. The van der Waals surface area contributed by atoms with Gasteiger partial charge in [-0.3, -0.25) is 0 Å². The molecule has 9 heteroatoms. The highest BCUT2D eigenvalue weighted by Crippen LogP contribution is 2.46. The summed E-state index contributed by atoms with van der Waals surface area (Å²) in [6.07, 6.45) is 1.97. The number of carbonyl (C=O) groups excluding carboxylic acids is 1. The van der Waals surface area contributed by atoms with Crippen LogP contribution in [0.2, 0.25) is 5.02 Å². The maximum atomic E-state index is 13.2. The van der Waals surface area contributed by atoms with Crippen LogP contribution in [-0.2, 0) is 27.4 Å². The van der Waals surface area contributed by atoms with Crippen molar-refractivity contribution in [3.63, 3.8) is 0 Å². The van der Waals surface area contributed by atoms with Gasteiger partial charge in [0, 0.05) is 17.7 Å². The molecule has 1 aliphatic rings. The Hall–Kier alpha value is -3.30. The number of hydrogen-bond acceptors (Lipinski definition) is 8. The van der Waals surface area contributed by atoms with Gasteiger partial charge < -0.3 is 33.5 Å². The van der Waals surface area contributed by atoms with Gasteiger partial charge in [-0.25, -0.2) is 4.79 Å². The Labute approximate surface area is 265 Å². The van der Waals surface area contributed by atoms with E-state index in [4.69, 9.17) is 40.0 Å². The van der Waals surface area contributed by atoms with Gasteiger partial charge in [-0.2, -0.15) is 0 Å². The van der Waals surface area contributed by atoms with Gasteiger partial charge in [0.25, 0.3) is 0 Å². The number of benzene rings is 3. The van der Waals surface area contributed by atoms with E-state index in [0.717, 1.165) is 30.4 Å². The van der Waals surface area contributed by atoms with E-state index in [-0.39, 0.29) is 42.0 Å². The topological polar surface area (TPSA) is 92.7 Å². The van der Waals surface area contributed by atoms with Crippen LogP contribution in [-0.4, -0.2) is 38.2 Å². The molecule has 44 heavy (non-hydrogen) atoms. The molecule has 0 amide bonds. The molecule has 238 valence electrons. The molecule has 1 fully saturated rings. The number of esters is 1. The van der Waals surface area contributed by atoms with Crippen molar-refractivity contribution in [3.8, 4) is 23.0 Å². The zero-order valence-electron chi connectivity index (χ0n) is 26.4. The standard InChI is InChI=1S/C35H43ClO8/c1-22-18-28(42-20-23-12-8-7-9-13-23)32(25(31(22)36)21-43-29-14-10-11-17-41-29)44-27-16-15-24(26(37)19-35(2,3)4)33(39-5)30(27)34(38)40-6/h7-9,12-13,15-16,18,26,29,37H,10-11,14,17,19-21H2,1-6H3/t26-,29?/m0/s1. The Morgan fingerprint density at radius 2 is 1.80 bits per heavy atom. The van der Waals surface area contributed by atoms with Crippen molar-refractivity contribution in [1.82, 2.24) is 0 Å². The lowest BCUT2D eigenvalue weighted by Gasteiger charge is -2.26. The third-order valence-corrected chi connectivity index (χ3v) is 7.89. The van der Waals surface area contributed by atoms with E-state index in [1.54, 1.807) is 18.2 Å². The Morgan fingerprint density at radius 1 is 1.05 bits per heavy atom. The van der Waals surface area contributed by atoms with Gasteiger partial charge in [-0.05, 0) is 67.3 Å². The average molecular weight is 627 g/mol. The molecule has 1 heterocycles. The van der Waals surface area contributed by atoms with E-state index >= 15 is 0 Å². The lowest BCUT2D eigenvalue weighted by Crippen LogP contribution is -2.22. The summed E-state index contributed by atoms with van der Waals surface area (Å²) in [5, 5.41) is 11.6. The molecule has 0 aromatic heterocycles. The lowest BCUT2D eigenvalue weighted by molar-refractivity contribution is -0.169. The number of halogens is 1. The van der Waals surface area contributed by atoms with Crippen LogP contribution in [0.1, 0.15) is 85.2 Å². The van der Waals surface area contributed by atoms with Crippen molar-refractivity contribution >= 4 is 17.6 Å². The summed E-state index contributed by atoms with van der Waals surface area (Å²) in [5.41, 5.74) is 2.61. The first-order valence-electron chi connectivity index (χ1n) is 14.9. The molecule has 0 bridgehead atoms. The van der Waals surface area contributed by atoms with Gasteiger partial charge in [-0.15, -0.1) is 0 Å². The van der Waals surface area contributed by atoms with Crippen LogP contribution in [0, 0.1) is 12.3 Å². The Bertz CT molecular complexity index is 1410. The average Bonchev–Trinajstić information content (AvgIpc) is 3.01. The molecule has 1 aliphatic heterocycles. The number of ether oxygens (including phenoxy) is 6. The normalized spacial score (nSPS) is 15.9.